The van der Waals surface area contributed by atoms with E-state index in [4.69, 9.17) is 0 Å². The van der Waals surface area contributed by atoms with Gasteiger partial charge >= 0.3 is 0 Å². The van der Waals surface area contributed by atoms with E-state index in [2.05, 4.69) is 31.2 Å². The fourth-order valence-electron chi connectivity index (χ4n) is 1.96. The lowest BCUT2D eigenvalue weighted by atomic mass is 10.3. The van der Waals surface area contributed by atoms with E-state index in [0.29, 0.717) is 10.6 Å². The van der Waals surface area contributed by atoms with Gasteiger partial charge in [0.05, 0.1) is 11.4 Å². The van der Waals surface area contributed by atoms with Crippen molar-refractivity contribution in [1.29, 1.82) is 0 Å². The van der Waals surface area contributed by atoms with Gasteiger partial charge in [0.2, 0.25) is 0 Å². The van der Waals surface area contributed by atoms with Gasteiger partial charge in [-0.25, -0.2) is 4.98 Å². The van der Waals surface area contributed by atoms with Crippen LogP contribution >= 0.6 is 27.3 Å². The predicted octanol–water partition coefficient (Wildman–Crippen LogP) is 4.53. The van der Waals surface area contributed by atoms with Crippen LogP contribution < -0.4 is 5.32 Å². The first kappa shape index (κ1) is 14.9. The van der Waals surface area contributed by atoms with E-state index in [9.17, 15) is 4.79 Å². The Morgan fingerprint density at radius 3 is 2.82 bits per heavy atom. The zero-order chi connectivity index (χ0) is 15.5. The molecule has 4 nitrogen and oxygen atoms in total. The van der Waals surface area contributed by atoms with Crippen LogP contribution in [0.1, 0.15) is 15.4 Å². The number of aryl methyl sites for hydroxylation is 1. The molecule has 6 heteroatoms. The van der Waals surface area contributed by atoms with Crippen LogP contribution in [0.3, 0.4) is 0 Å². The average Bonchev–Trinajstić information content (AvgIpc) is 2.90. The Morgan fingerprint density at radius 1 is 1.23 bits per heavy atom. The Labute approximate surface area is 140 Å². The number of anilines is 1. The highest BCUT2D eigenvalue weighted by Crippen LogP contribution is 2.27. The summed E-state index contributed by atoms with van der Waals surface area (Å²) < 4.78 is 0.917. The molecule has 2 aromatic heterocycles. The van der Waals surface area contributed by atoms with Crippen LogP contribution in [0.4, 0.5) is 5.69 Å². The second kappa shape index (κ2) is 6.37. The lowest BCUT2D eigenvalue weighted by Crippen LogP contribution is -2.11. The fourth-order valence-corrected chi connectivity index (χ4v) is 3.30. The summed E-state index contributed by atoms with van der Waals surface area (Å²) in [5.41, 5.74) is 2.22. The molecular weight excluding hydrogens is 362 g/mol. The third kappa shape index (κ3) is 3.23. The highest BCUT2D eigenvalue weighted by molar-refractivity contribution is 9.10. The summed E-state index contributed by atoms with van der Waals surface area (Å²) in [6, 6.07) is 13.1. The van der Waals surface area contributed by atoms with Gasteiger partial charge < -0.3 is 5.32 Å². The number of nitrogens with one attached hydrogen (secondary N) is 1. The van der Waals surface area contributed by atoms with E-state index >= 15 is 0 Å². The van der Waals surface area contributed by atoms with Gasteiger partial charge in [-0.05, 0) is 37.3 Å². The minimum atomic E-state index is -0.157. The number of carbonyl (C=O) groups is 1. The summed E-state index contributed by atoms with van der Waals surface area (Å²) in [6.07, 6.45) is 1.72. The summed E-state index contributed by atoms with van der Waals surface area (Å²) in [4.78, 5) is 21.7. The van der Waals surface area contributed by atoms with Gasteiger partial charge in [-0.1, -0.05) is 28.1 Å². The van der Waals surface area contributed by atoms with Gasteiger partial charge in [0.1, 0.15) is 9.88 Å². The molecule has 0 atom stereocenters. The van der Waals surface area contributed by atoms with Crippen molar-refractivity contribution in [3.05, 3.63) is 63.7 Å². The molecule has 1 amide bonds. The first-order valence-electron chi connectivity index (χ1n) is 6.59. The second-order valence-electron chi connectivity index (χ2n) is 4.61. The maximum Gasteiger partial charge on any atom is 0.267 e. The summed E-state index contributed by atoms with van der Waals surface area (Å²) in [5.74, 6) is -0.157. The van der Waals surface area contributed by atoms with Crippen molar-refractivity contribution in [1.82, 2.24) is 9.97 Å². The molecule has 3 aromatic rings. The van der Waals surface area contributed by atoms with Crippen molar-refractivity contribution in [3.8, 4) is 10.7 Å². The first-order valence-corrected chi connectivity index (χ1v) is 8.20. The number of thiazole rings is 1. The quantitative estimate of drug-likeness (QED) is 0.733. The highest BCUT2D eigenvalue weighted by atomic mass is 79.9. The molecule has 0 aliphatic heterocycles. The lowest BCUT2D eigenvalue weighted by molar-refractivity contribution is 0.103. The molecule has 22 heavy (non-hydrogen) atoms. The standard InChI is InChI=1S/C16H12BrN3OS/c1-10-14(15(21)20-12-6-4-5-11(17)9-12)22-16(19-10)13-7-2-3-8-18-13/h2-9H,1H3,(H,20,21). The number of halogens is 1. The van der Waals surface area contributed by atoms with E-state index < -0.39 is 0 Å². The molecule has 0 spiro atoms. The summed E-state index contributed by atoms with van der Waals surface area (Å²) in [5, 5.41) is 3.63. The molecule has 0 saturated carbocycles. The molecule has 110 valence electrons. The Hall–Kier alpha value is -2.05. The van der Waals surface area contributed by atoms with Gasteiger partial charge in [-0.15, -0.1) is 11.3 Å². The zero-order valence-corrected chi connectivity index (χ0v) is 14.1. The van der Waals surface area contributed by atoms with E-state index in [1.807, 2.05) is 49.4 Å². The maximum absolute atomic E-state index is 12.4. The number of amides is 1. The molecule has 0 fully saturated rings. The normalized spacial score (nSPS) is 10.5. The molecule has 0 bridgehead atoms. The summed E-state index contributed by atoms with van der Waals surface area (Å²) in [7, 11) is 0. The molecule has 0 unspecified atom stereocenters. The SMILES string of the molecule is Cc1nc(-c2ccccn2)sc1C(=O)Nc1cccc(Br)c1. The Balaban J connectivity index is 1.86. The maximum atomic E-state index is 12.4. The topological polar surface area (TPSA) is 54.9 Å². The smallest absolute Gasteiger partial charge is 0.267 e. The fraction of sp³-hybridized carbons (Fsp3) is 0.0625. The van der Waals surface area contributed by atoms with Gasteiger partial charge in [0.25, 0.3) is 5.91 Å². The number of rotatable bonds is 3. The molecule has 2 heterocycles. The summed E-state index contributed by atoms with van der Waals surface area (Å²) >= 11 is 4.73. The van der Waals surface area contributed by atoms with Crippen molar-refractivity contribution >= 4 is 38.9 Å². The molecule has 3 rings (SSSR count). The molecule has 0 saturated heterocycles. The number of pyridine rings is 1. The number of carbonyl (C=O) groups excluding carboxylic acids is 1. The third-order valence-corrected chi connectivity index (χ3v) is 4.64. The molecule has 1 aromatic carbocycles. The van der Waals surface area contributed by atoms with Gasteiger partial charge in [-0.3, -0.25) is 9.78 Å². The van der Waals surface area contributed by atoms with Gasteiger partial charge in [-0.2, -0.15) is 0 Å². The molecule has 0 aliphatic rings. The van der Waals surface area contributed by atoms with Crippen molar-refractivity contribution in [2.75, 3.05) is 5.32 Å². The Kier molecular flexibility index (Phi) is 4.31. The number of benzene rings is 1. The van der Waals surface area contributed by atoms with E-state index in [1.165, 1.54) is 11.3 Å². The van der Waals surface area contributed by atoms with Gasteiger partial charge in [0.15, 0.2) is 0 Å². The Morgan fingerprint density at radius 2 is 2.09 bits per heavy atom. The van der Waals surface area contributed by atoms with Gasteiger partial charge in [0, 0.05) is 16.4 Å². The largest absolute Gasteiger partial charge is 0.321 e. The van der Waals surface area contributed by atoms with Crippen LogP contribution in [0, 0.1) is 6.92 Å². The monoisotopic (exact) mass is 373 g/mol. The van der Waals surface area contributed by atoms with Crippen LogP contribution in [0.25, 0.3) is 10.7 Å². The minimum absolute atomic E-state index is 0.157. The average molecular weight is 374 g/mol. The Bertz CT molecular complexity index is 817. The minimum Gasteiger partial charge on any atom is -0.321 e. The van der Waals surface area contributed by atoms with Crippen molar-refractivity contribution in [2.24, 2.45) is 0 Å². The van der Waals surface area contributed by atoms with Crippen LogP contribution in [-0.4, -0.2) is 15.9 Å². The number of aromatic nitrogens is 2. The summed E-state index contributed by atoms with van der Waals surface area (Å²) in [6.45, 7) is 1.83. The van der Waals surface area contributed by atoms with Crippen LogP contribution in [-0.2, 0) is 0 Å². The number of hydrogen-bond acceptors (Lipinski definition) is 4. The van der Waals surface area contributed by atoms with Crippen LogP contribution in [0.5, 0.6) is 0 Å². The molecule has 0 aliphatic carbocycles. The number of nitrogens with zero attached hydrogens (tertiary/aromatic N) is 2. The predicted molar refractivity (Wildman–Crippen MR) is 92.2 cm³/mol. The third-order valence-electron chi connectivity index (χ3n) is 2.97. The van der Waals surface area contributed by atoms with Crippen LogP contribution in [0.2, 0.25) is 0 Å². The van der Waals surface area contributed by atoms with Crippen LogP contribution in [0.15, 0.2) is 53.1 Å². The van der Waals surface area contributed by atoms with E-state index in [1.54, 1.807) is 6.20 Å². The molecule has 0 radical (unpaired) electrons. The zero-order valence-electron chi connectivity index (χ0n) is 11.7. The first-order chi connectivity index (χ1) is 10.6. The molecule has 1 N–H and O–H groups in total. The second-order valence-corrected chi connectivity index (χ2v) is 6.53. The van der Waals surface area contributed by atoms with Crippen molar-refractivity contribution in [2.45, 2.75) is 6.92 Å². The lowest BCUT2D eigenvalue weighted by Gasteiger charge is -2.04. The van der Waals surface area contributed by atoms with E-state index in [-0.39, 0.29) is 5.91 Å². The highest BCUT2D eigenvalue weighted by Gasteiger charge is 2.16. The van der Waals surface area contributed by atoms with Crippen molar-refractivity contribution in [3.63, 3.8) is 0 Å². The van der Waals surface area contributed by atoms with Crippen molar-refractivity contribution < 1.29 is 4.79 Å². The molecular formula is C16H12BrN3OS. The number of hydrogen-bond donors (Lipinski definition) is 1. The van der Waals surface area contributed by atoms with E-state index in [0.717, 1.165) is 20.9 Å².